The third kappa shape index (κ3) is 3.52. The molecule has 0 saturated carbocycles. The number of para-hydroxylation sites is 1. The van der Waals surface area contributed by atoms with Gasteiger partial charge in [0.25, 0.3) is 0 Å². The molecule has 7 heteroatoms. The van der Waals surface area contributed by atoms with Crippen molar-refractivity contribution in [2.75, 3.05) is 19.6 Å². The summed E-state index contributed by atoms with van der Waals surface area (Å²) in [6, 6.07) is 17.9. The number of ether oxygens (including phenoxy) is 2. The Kier molecular flexibility index (Phi) is 5.16. The van der Waals surface area contributed by atoms with E-state index in [0.29, 0.717) is 17.3 Å². The first-order valence-electron chi connectivity index (χ1n) is 8.60. The van der Waals surface area contributed by atoms with Crippen LogP contribution < -0.4 is 14.9 Å². The second-order valence-electron chi connectivity index (χ2n) is 5.87. The van der Waals surface area contributed by atoms with Gasteiger partial charge in [0.1, 0.15) is 11.2 Å². The molecule has 0 saturated heterocycles. The van der Waals surface area contributed by atoms with Crippen molar-refractivity contribution in [3.63, 3.8) is 0 Å². The van der Waals surface area contributed by atoms with E-state index in [1.165, 1.54) is 6.33 Å². The molecule has 0 aliphatic rings. The van der Waals surface area contributed by atoms with Gasteiger partial charge >= 0.3 is 0 Å². The van der Waals surface area contributed by atoms with Crippen LogP contribution in [0.4, 0.5) is 5.82 Å². The Labute approximate surface area is 166 Å². The number of methoxy groups -OCH3 is 2. The highest BCUT2D eigenvalue weighted by Crippen LogP contribution is 2.35. The molecule has 0 aliphatic carbocycles. The molecule has 2 aromatic heterocycles. The molecule has 0 atom stereocenters. The third-order valence-corrected chi connectivity index (χ3v) is 5.29. The molecule has 4 rings (SSSR count). The maximum Gasteiger partial charge on any atom is 0.169 e. The van der Waals surface area contributed by atoms with Crippen molar-refractivity contribution in [1.29, 1.82) is 0 Å². The summed E-state index contributed by atoms with van der Waals surface area (Å²) in [5, 5.41) is 5.26. The number of hydrogen-bond donors (Lipinski definition) is 1. The fraction of sp³-hybridized carbons (Fsp3) is 0.0952. The number of nitrogens with zero attached hydrogens (tertiary/aromatic N) is 3. The van der Waals surface area contributed by atoms with Gasteiger partial charge in [-0.2, -0.15) is 5.10 Å². The van der Waals surface area contributed by atoms with Crippen molar-refractivity contribution in [2.24, 2.45) is 5.10 Å². The molecule has 28 heavy (non-hydrogen) atoms. The zero-order valence-electron chi connectivity index (χ0n) is 15.4. The lowest BCUT2D eigenvalue weighted by atomic mass is 10.2. The molecule has 6 nitrogen and oxygen atoms in total. The summed E-state index contributed by atoms with van der Waals surface area (Å²) >= 11 is 1.63. The third-order valence-electron chi connectivity index (χ3n) is 4.20. The lowest BCUT2D eigenvalue weighted by Crippen LogP contribution is -1.98. The summed E-state index contributed by atoms with van der Waals surface area (Å²) in [5.41, 5.74) is 4.97. The number of aromatic nitrogens is 2. The van der Waals surface area contributed by atoms with Gasteiger partial charge in [-0.1, -0.05) is 36.4 Å². The van der Waals surface area contributed by atoms with Gasteiger partial charge in [-0.3, -0.25) is 5.43 Å². The predicted molar refractivity (Wildman–Crippen MR) is 114 cm³/mol. The second-order valence-corrected chi connectivity index (χ2v) is 6.90. The van der Waals surface area contributed by atoms with Gasteiger partial charge in [0, 0.05) is 10.4 Å². The number of anilines is 1. The first kappa shape index (κ1) is 17.9. The molecule has 0 fully saturated rings. The first-order chi connectivity index (χ1) is 13.8. The minimum absolute atomic E-state index is 0.630. The molecule has 1 N–H and O–H groups in total. The van der Waals surface area contributed by atoms with Crippen LogP contribution in [0.15, 0.2) is 66.0 Å². The standard InChI is InChI=1S/C21H18N4O2S/c1-26-17-10-6-9-15(19(17)27-2)12-24-25-20-16-11-18(14-7-4-3-5-8-14)28-21(16)23-13-22-20/h3-13H,1-2H3,(H,22,23,25)/b24-12-. The highest BCUT2D eigenvalue weighted by atomic mass is 32.1. The van der Waals surface area contributed by atoms with Crippen molar-refractivity contribution >= 4 is 33.6 Å². The van der Waals surface area contributed by atoms with Gasteiger partial charge in [-0.15, -0.1) is 11.3 Å². The number of benzene rings is 2. The van der Waals surface area contributed by atoms with Gasteiger partial charge in [-0.05, 0) is 23.8 Å². The van der Waals surface area contributed by atoms with Crippen LogP contribution in [0.1, 0.15) is 5.56 Å². The van der Waals surface area contributed by atoms with Crippen LogP contribution in [0.3, 0.4) is 0 Å². The Morgan fingerprint density at radius 3 is 2.64 bits per heavy atom. The fourth-order valence-corrected chi connectivity index (χ4v) is 3.87. The fourth-order valence-electron chi connectivity index (χ4n) is 2.87. The first-order valence-corrected chi connectivity index (χ1v) is 9.42. The average molecular weight is 390 g/mol. The van der Waals surface area contributed by atoms with Crippen LogP contribution in [0.25, 0.3) is 20.7 Å². The van der Waals surface area contributed by atoms with Crippen molar-refractivity contribution < 1.29 is 9.47 Å². The van der Waals surface area contributed by atoms with E-state index in [-0.39, 0.29) is 0 Å². The van der Waals surface area contributed by atoms with E-state index in [1.807, 2.05) is 36.4 Å². The van der Waals surface area contributed by atoms with E-state index in [0.717, 1.165) is 26.2 Å². The Morgan fingerprint density at radius 2 is 1.86 bits per heavy atom. The van der Waals surface area contributed by atoms with Gasteiger partial charge in [0.05, 0.1) is 25.8 Å². The summed E-state index contributed by atoms with van der Waals surface area (Å²) < 4.78 is 10.7. The van der Waals surface area contributed by atoms with Crippen molar-refractivity contribution in [1.82, 2.24) is 9.97 Å². The zero-order chi connectivity index (χ0) is 19.3. The van der Waals surface area contributed by atoms with Crippen LogP contribution >= 0.6 is 11.3 Å². The SMILES string of the molecule is COc1cccc(/C=N\Nc2ncnc3sc(-c4ccccc4)cc23)c1OC. The van der Waals surface area contributed by atoms with Crippen LogP contribution in [0.2, 0.25) is 0 Å². The van der Waals surface area contributed by atoms with E-state index < -0.39 is 0 Å². The molecule has 140 valence electrons. The van der Waals surface area contributed by atoms with E-state index in [1.54, 1.807) is 31.8 Å². The maximum atomic E-state index is 5.42. The molecule has 0 unspecified atom stereocenters. The molecule has 0 amide bonds. The molecular formula is C21H18N4O2S. The Hall–Kier alpha value is -3.45. The van der Waals surface area contributed by atoms with Gasteiger partial charge in [0.15, 0.2) is 17.3 Å². The number of fused-ring (bicyclic) bond motifs is 1. The second kappa shape index (κ2) is 8.06. The number of hydrazone groups is 1. The summed E-state index contributed by atoms with van der Waals surface area (Å²) in [6.45, 7) is 0. The van der Waals surface area contributed by atoms with Crippen molar-refractivity contribution in [3.05, 3.63) is 66.5 Å². The lowest BCUT2D eigenvalue weighted by Gasteiger charge is -2.09. The predicted octanol–water partition coefficient (Wildman–Crippen LogP) is 4.82. The van der Waals surface area contributed by atoms with E-state index in [9.17, 15) is 0 Å². The average Bonchev–Trinajstić information content (AvgIpc) is 3.19. The van der Waals surface area contributed by atoms with Crippen LogP contribution in [0.5, 0.6) is 11.5 Å². The molecule has 2 heterocycles. The number of rotatable bonds is 6. The Bertz CT molecular complexity index is 1130. The highest BCUT2D eigenvalue weighted by molar-refractivity contribution is 7.21. The Balaban J connectivity index is 1.62. The van der Waals surface area contributed by atoms with E-state index >= 15 is 0 Å². The van der Waals surface area contributed by atoms with Gasteiger partial charge < -0.3 is 9.47 Å². The van der Waals surface area contributed by atoms with Crippen molar-refractivity contribution in [3.8, 4) is 21.9 Å². The Morgan fingerprint density at radius 1 is 1.00 bits per heavy atom. The van der Waals surface area contributed by atoms with Crippen LogP contribution in [0, 0.1) is 0 Å². The van der Waals surface area contributed by atoms with Gasteiger partial charge in [0.2, 0.25) is 0 Å². The summed E-state index contributed by atoms with van der Waals surface area (Å²) in [4.78, 5) is 10.8. The number of nitrogens with one attached hydrogen (secondary N) is 1. The molecule has 0 radical (unpaired) electrons. The summed E-state index contributed by atoms with van der Waals surface area (Å²) in [5.74, 6) is 1.94. The maximum absolute atomic E-state index is 5.42. The molecule has 0 spiro atoms. The highest BCUT2D eigenvalue weighted by Gasteiger charge is 2.10. The van der Waals surface area contributed by atoms with Crippen LogP contribution in [-0.2, 0) is 0 Å². The quantitative estimate of drug-likeness (QED) is 0.378. The molecule has 2 aromatic carbocycles. The summed E-state index contributed by atoms with van der Waals surface area (Å²) in [6.07, 6.45) is 3.22. The van der Waals surface area contributed by atoms with Crippen molar-refractivity contribution in [2.45, 2.75) is 0 Å². The minimum Gasteiger partial charge on any atom is -0.493 e. The lowest BCUT2D eigenvalue weighted by molar-refractivity contribution is 0.354. The normalized spacial score (nSPS) is 11.1. The number of hydrogen-bond acceptors (Lipinski definition) is 7. The van der Waals surface area contributed by atoms with E-state index in [4.69, 9.17) is 9.47 Å². The molecule has 0 aliphatic heterocycles. The monoisotopic (exact) mass is 390 g/mol. The van der Waals surface area contributed by atoms with Gasteiger partial charge in [-0.25, -0.2) is 9.97 Å². The zero-order valence-corrected chi connectivity index (χ0v) is 16.2. The minimum atomic E-state index is 0.630. The summed E-state index contributed by atoms with van der Waals surface area (Å²) in [7, 11) is 3.21. The van der Waals surface area contributed by atoms with E-state index in [2.05, 4.69) is 38.7 Å². The smallest absolute Gasteiger partial charge is 0.169 e. The van der Waals surface area contributed by atoms with Crippen LogP contribution in [-0.4, -0.2) is 30.4 Å². The topological polar surface area (TPSA) is 68.6 Å². The number of thiophene rings is 1. The molecule has 4 aromatic rings. The molecule has 0 bridgehead atoms. The molecular weight excluding hydrogens is 372 g/mol. The largest absolute Gasteiger partial charge is 0.493 e.